The van der Waals surface area contributed by atoms with Crippen LogP contribution in [0.5, 0.6) is 0 Å². The average Bonchev–Trinajstić information content (AvgIpc) is 2.44. The monoisotopic (exact) mass is 300 g/mol. The summed E-state index contributed by atoms with van der Waals surface area (Å²) in [7, 11) is 0. The number of carbonyl (C=O) groups excluding carboxylic acids is 1. The van der Waals surface area contributed by atoms with Gasteiger partial charge in [0.15, 0.2) is 0 Å². The zero-order valence-corrected chi connectivity index (χ0v) is 13.3. The largest absolute Gasteiger partial charge is 0.399 e. The van der Waals surface area contributed by atoms with E-state index in [4.69, 9.17) is 5.73 Å². The second-order valence-electron chi connectivity index (χ2n) is 5.14. The molecule has 21 heavy (non-hydrogen) atoms. The molecule has 3 nitrogen and oxygen atoms in total. The molecule has 1 amide bonds. The number of hydrogen-bond donors (Lipinski definition) is 2. The number of hydrogen-bond acceptors (Lipinski definition) is 3. The molecular formula is C17H20N2OS. The van der Waals surface area contributed by atoms with Crippen LogP contribution >= 0.6 is 11.8 Å². The SMILES string of the molecule is Cc1ccc(NC(=O)[C@H](C)Sc2ccc(N)cc2)c(C)c1. The summed E-state index contributed by atoms with van der Waals surface area (Å²) in [5, 5.41) is 2.81. The average molecular weight is 300 g/mol. The van der Waals surface area contributed by atoms with Gasteiger partial charge in [-0.2, -0.15) is 0 Å². The second-order valence-corrected chi connectivity index (χ2v) is 6.55. The van der Waals surface area contributed by atoms with Gasteiger partial charge >= 0.3 is 0 Å². The quantitative estimate of drug-likeness (QED) is 0.662. The van der Waals surface area contributed by atoms with Gasteiger partial charge in [-0.15, -0.1) is 11.8 Å². The van der Waals surface area contributed by atoms with Crippen LogP contribution in [0.25, 0.3) is 0 Å². The molecule has 1 atom stereocenters. The molecule has 0 fully saturated rings. The van der Waals surface area contributed by atoms with Crippen LogP contribution in [0.2, 0.25) is 0 Å². The lowest BCUT2D eigenvalue weighted by molar-refractivity contribution is -0.115. The molecule has 110 valence electrons. The predicted molar refractivity (Wildman–Crippen MR) is 90.7 cm³/mol. The Labute approximate surface area is 129 Å². The summed E-state index contributed by atoms with van der Waals surface area (Å²) in [5.41, 5.74) is 9.53. The molecule has 0 saturated heterocycles. The van der Waals surface area contributed by atoms with Gasteiger partial charge in [-0.25, -0.2) is 0 Å². The Morgan fingerprint density at radius 1 is 1.14 bits per heavy atom. The lowest BCUT2D eigenvalue weighted by Gasteiger charge is -2.14. The zero-order chi connectivity index (χ0) is 15.4. The fourth-order valence-corrected chi connectivity index (χ4v) is 2.86. The molecule has 0 aromatic heterocycles. The maximum atomic E-state index is 12.3. The molecule has 2 rings (SSSR count). The first-order chi connectivity index (χ1) is 9.95. The summed E-state index contributed by atoms with van der Waals surface area (Å²) in [6.45, 7) is 5.94. The van der Waals surface area contributed by atoms with E-state index in [0.29, 0.717) is 0 Å². The summed E-state index contributed by atoms with van der Waals surface area (Å²) >= 11 is 1.52. The first kappa shape index (κ1) is 15.4. The molecule has 0 radical (unpaired) electrons. The number of benzene rings is 2. The Morgan fingerprint density at radius 3 is 2.43 bits per heavy atom. The molecule has 0 saturated carbocycles. The number of rotatable bonds is 4. The van der Waals surface area contributed by atoms with Crippen LogP contribution < -0.4 is 11.1 Å². The minimum absolute atomic E-state index is 0.00350. The highest BCUT2D eigenvalue weighted by Gasteiger charge is 2.15. The van der Waals surface area contributed by atoms with Crippen molar-refractivity contribution in [3.63, 3.8) is 0 Å². The van der Waals surface area contributed by atoms with Crippen molar-refractivity contribution >= 4 is 29.0 Å². The molecule has 2 aromatic rings. The van der Waals surface area contributed by atoms with E-state index in [1.165, 1.54) is 17.3 Å². The molecule has 0 bridgehead atoms. The second kappa shape index (κ2) is 6.68. The summed E-state index contributed by atoms with van der Waals surface area (Å²) in [6.07, 6.45) is 0. The minimum atomic E-state index is -0.172. The topological polar surface area (TPSA) is 55.1 Å². The van der Waals surface area contributed by atoms with E-state index in [9.17, 15) is 4.79 Å². The number of thioether (sulfide) groups is 1. The van der Waals surface area contributed by atoms with E-state index in [1.807, 2.05) is 57.2 Å². The van der Waals surface area contributed by atoms with Crippen LogP contribution in [-0.2, 0) is 4.79 Å². The predicted octanol–water partition coefficient (Wildman–Crippen LogP) is 4.00. The highest BCUT2D eigenvalue weighted by molar-refractivity contribution is 8.00. The highest BCUT2D eigenvalue weighted by Crippen LogP contribution is 2.25. The standard InChI is InChI=1S/C17H20N2OS/c1-11-4-9-16(12(2)10-11)19-17(20)13(3)21-15-7-5-14(18)6-8-15/h4-10,13H,18H2,1-3H3,(H,19,20)/t13-/m0/s1. The molecule has 3 N–H and O–H groups in total. The highest BCUT2D eigenvalue weighted by atomic mass is 32.2. The first-order valence-electron chi connectivity index (χ1n) is 6.86. The minimum Gasteiger partial charge on any atom is -0.399 e. The Bertz CT molecular complexity index is 638. The fraction of sp³-hybridized carbons (Fsp3) is 0.235. The summed E-state index contributed by atoms with van der Waals surface area (Å²) in [4.78, 5) is 13.3. The van der Waals surface area contributed by atoms with Crippen molar-refractivity contribution in [1.29, 1.82) is 0 Å². The Morgan fingerprint density at radius 2 is 1.81 bits per heavy atom. The number of anilines is 2. The molecule has 0 spiro atoms. The van der Waals surface area contributed by atoms with Crippen LogP contribution in [-0.4, -0.2) is 11.2 Å². The molecule has 4 heteroatoms. The third-order valence-electron chi connectivity index (χ3n) is 3.20. The summed E-state index contributed by atoms with van der Waals surface area (Å²) in [6, 6.07) is 13.6. The van der Waals surface area contributed by atoms with Gasteiger partial charge in [0.25, 0.3) is 0 Å². The van der Waals surface area contributed by atoms with Gasteiger partial charge in [-0.05, 0) is 56.7 Å². The lowest BCUT2D eigenvalue weighted by Crippen LogP contribution is -2.22. The van der Waals surface area contributed by atoms with E-state index >= 15 is 0 Å². The van der Waals surface area contributed by atoms with Crippen LogP contribution in [0.1, 0.15) is 18.1 Å². The number of carbonyl (C=O) groups is 1. The molecule has 0 heterocycles. The number of amides is 1. The van der Waals surface area contributed by atoms with Crippen LogP contribution in [0.4, 0.5) is 11.4 Å². The lowest BCUT2D eigenvalue weighted by atomic mass is 10.1. The maximum Gasteiger partial charge on any atom is 0.237 e. The van der Waals surface area contributed by atoms with Crippen molar-refractivity contribution in [2.45, 2.75) is 30.9 Å². The molecular weight excluding hydrogens is 280 g/mol. The van der Waals surface area contributed by atoms with Crippen LogP contribution in [0.3, 0.4) is 0 Å². The maximum absolute atomic E-state index is 12.3. The molecule has 0 unspecified atom stereocenters. The third-order valence-corrected chi connectivity index (χ3v) is 4.31. The zero-order valence-electron chi connectivity index (χ0n) is 12.5. The Hall–Kier alpha value is -1.94. The van der Waals surface area contributed by atoms with Crippen molar-refractivity contribution in [1.82, 2.24) is 0 Å². The number of aryl methyl sites for hydroxylation is 2. The molecule has 0 aliphatic heterocycles. The van der Waals surface area contributed by atoms with E-state index in [0.717, 1.165) is 21.8 Å². The van der Waals surface area contributed by atoms with Crippen molar-refractivity contribution in [3.05, 3.63) is 53.6 Å². The van der Waals surface area contributed by atoms with Crippen molar-refractivity contribution < 1.29 is 4.79 Å². The molecule has 0 aliphatic carbocycles. The van der Waals surface area contributed by atoms with Crippen molar-refractivity contribution in [3.8, 4) is 0 Å². The number of nitrogens with one attached hydrogen (secondary N) is 1. The Balaban J connectivity index is 2.00. The molecule has 2 aromatic carbocycles. The molecule has 0 aliphatic rings. The van der Waals surface area contributed by atoms with E-state index < -0.39 is 0 Å². The first-order valence-corrected chi connectivity index (χ1v) is 7.74. The fourth-order valence-electron chi connectivity index (χ4n) is 1.99. The van der Waals surface area contributed by atoms with E-state index in [-0.39, 0.29) is 11.2 Å². The van der Waals surface area contributed by atoms with E-state index in [1.54, 1.807) is 0 Å². The number of nitrogen functional groups attached to an aromatic ring is 1. The van der Waals surface area contributed by atoms with Gasteiger partial charge < -0.3 is 11.1 Å². The van der Waals surface area contributed by atoms with Crippen LogP contribution in [0.15, 0.2) is 47.4 Å². The smallest absolute Gasteiger partial charge is 0.237 e. The van der Waals surface area contributed by atoms with Gasteiger partial charge in [0.05, 0.1) is 5.25 Å². The van der Waals surface area contributed by atoms with E-state index in [2.05, 4.69) is 11.4 Å². The van der Waals surface area contributed by atoms with Gasteiger partial charge in [-0.1, -0.05) is 17.7 Å². The van der Waals surface area contributed by atoms with Gasteiger partial charge in [0.1, 0.15) is 0 Å². The van der Waals surface area contributed by atoms with Gasteiger partial charge in [-0.3, -0.25) is 4.79 Å². The van der Waals surface area contributed by atoms with Crippen molar-refractivity contribution in [2.24, 2.45) is 0 Å². The van der Waals surface area contributed by atoms with Gasteiger partial charge in [0.2, 0.25) is 5.91 Å². The number of nitrogens with two attached hydrogens (primary N) is 1. The van der Waals surface area contributed by atoms with Crippen LogP contribution in [0, 0.1) is 13.8 Å². The Kier molecular flexibility index (Phi) is 4.91. The normalized spacial score (nSPS) is 12.0. The van der Waals surface area contributed by atoms with Gasteiger partial charge in [0, 0.05) is 16.3 Å². The van der Waals surface area contributed by atoms with Crippen molar-refractivity contribution in [2.75, 3.05) is 11.1 Å². The third kappa shape index (κ3) is 4.26. The summed E-state index contributed by atoms with van der Waals surface area (Å²) < 4.78 is 0. The summed E-state index contributed by atoms with van der Waals surface area (Å²) in [5.74, 6) is 0.00350.